The largest absolute Gasteiger partial charge is 0.497 e. The molecule has 3 heterocycles. The Bertz CT molecular complexity index is 2060. The Hall–Kier alpha value is -4.07. The maximum atomic E-state index is 15.0. The summed E-state index contributed by atoms with van der Waals surface area (Å²) in [4.78, 5) is 25.8. The average Bonchev–Trinajstić information content (AvgIpc) is 3.18. The van der Waals surface area contributed by atoms with Crippen LogP contribution in [0.15, 0.2) is 65.7 Å². The Balaban J connectivity index is 1.29. The standard InChI is InChI=1S/C42H54F4N7O2/c1-7-51(40(50-35-21-29-20-33(26(35)3)41(29,4)5)53(8-2)19-17-48-37(25-53)42(44,45)46)30-12-14-32-36(22-30)49-38(28-10-9-16-47-24-28)52(39(32)54)18-15-27-11-13-31(55-6)23-34(27)43/h9-14,16,22-24,26,29,33,35,37,40,48,50H,7-8,15,17-21,25H2,1-6H3/q+1/t26-,29+,33-,35?,37+,40?,53?/m0/s1. The predicted molar refractivity (Wildman–Crippen MR) is 207 cm³/mol. The number of rotatable bonds is 12. The van der Waals surface area contributed by atoms with Crippen molar-refractivity contribution in [3.8, 4) is 17.1 Å². The monoisotopic (exact) mass is 764 g/mol. The van der Waals surface area contributed by atoms with E-state index < -0.39 is 24.3 Å². The maximum absolute atomic E-state index is 15.0. The molecule has 296 valence electrons. The number of alkyl halides is 3. The van der Waals surface area contributed by atoms with Crippen molar-refractivity contribution in [2.75, 3.05) is 44.7 Å². The molecule has 2 aromatic heterocycles. The number of anilines is 1. The van der Waals surface area contributed by atoms with Crippen LogP contribution in [-0.4, -0.2) is 83.4 Å². The SMILES string of the molecule is CCN(c1ccc2c(=O)n(CCc3ccc(OC)cc3F)c(-c3cccnc3)nc2c1)C(NC1C[C@H]2C[C@@H]([C@@H]1C)C2(C)C)[N+]1(CC)CCN[C@@H](C(F)(F)F)C1. The molecule has 4 aromatic rings. The Morgan fingerprint density at radius 3 is 2.58 bits per heavy atom. The van der Waals surface area contributed by atoms with Gasteiger partial charge in [-0.1, -0.05) is 26.8 Å². The zero-order chi connectivity index (χ0) is 39.3. The fraction of sp³-hybridized carbons (Fsp3) is 0.548. The fourth-order valence-electron chi connectivity index (χ4n) is 9.89. The van der Waals surface area contributed by atoms with Crippen molar-refractivity contribution in [2.45, 2.75) is 85.0 Å². The number of nitrogens with one attached hydrogen (secondary N) is 2. The molecule has 3 saturated carbocycles. The van der Waals surface area contributed by atoms with E-state index >= 15 is 0 Å². The smallest absolute Gasteiger partial charge is 0.409 e. The molecule has 8 rings (SSSR count). The highest BCUT2D eigenvalue weighted by Crippen LogP contribution is 2.61. The summed E-state index contributed by atoms with van der Waals surface area (Å²) in [6.07, 6.45) is 0.891. The molecular weight excluding hydrogens is 711 g/mol. The normalized spacial score (nSPS) is 26.7. The number of nitrogens with zero attached hydrogens (tertiary/aromatic N) is 5. The molecule has 0 amide bonds. The zero-order valence-electron chi connectivity index (χ0n) is 32.7. The van der Waals surface area contributed by atoms with E-state index in [1.807, 2.05) is 32.0 Å². The number of fused-ring (bicyclic) bond motifs is 3. The van der Waals surface area contributed by atoms with Crippen LogP contribution in [0.2, 0.25) is 0 Å². The summed E-state index contributed by atoms with van der Waals surface area (Å²) in [6, 6.07) is 12.4. The first-order valence-corrected chi connectivity index (χ1v) is 19.7. The maximum Gasteiger partial charge on any atom is 0.409 e. The molecular formula is C42H54F4N7O2+. The summed E-state index contributed by atoms with van der Waals surface area (Å²) in [5.74, 6) is 1.89. The van der Waals surface area contributed by atoms with Crippen molar-refractivity contribution in [1.82, 2.24) is 25.2 Å². The lowest BCUT2D eigenvalue weighted by molar-refractivity contribution is -0.957. The van der Waals surface area contributed by atoms with E-state index in [1.165, 1.54) is 19.6 Å². The number of pyridine rings is 1. The number of likely N-dealkylation sites (N-methyl/N-ethyl adjacent to an activating group) is 1. The molecule has 4 aliphatic rings. The topological polar surface area (TPSA) is 84.3 Å². The second-order valence-electron chi connectivity index (χ2n) is 16.4. The Labute approximate surface area is 320 Å². The molecule has 2 bridgehead atoms. The average molecular weight is 765 g/mol. The molecule has 3 unspecified atom stereocenters. The number of hydrogen-bond donors (Lipinski definition) is 2. The van der Waals surface area contributed by atoms with E-state index in [0.717, 1.165) is 12.1 Å². The van der Waals surface area contributed by atoms with Gasteiger partial charge in [-0.3, -0.25) is 24.1 Å². The number of hydrogen-bond acceptors (Lipinski definition) is 7. The van der Waals surface area contributed by atoms with Gasteiger partial charge < -0.3 is 9.64 Å². The van der Waals surface area contributed by atoms with Crippen molar-refractivity contribution in [2.24, 2.45) is 23.2 Å². The Kier molecular flexibility index (Phi) is 10.8. The van der Waals surface area contributed by atoms with E-state index in [9.17, 15) is 22.4 Å². The highest BCUT2D eigenvalue weighted by atomic mass is 19.4. The summed E-state index contributed by atoms with van der Waals surface area (Å²) in [5, 5.41) is 7.16. The molecule has 2 N–H and O–H groups in total. The van der Waals surface area contributed by atoms with Gasteiger partial charge in [0.15, 0.2) is 6.04 Å². The van der Waals surface area contributed by atoms with Crippen LogP contribution in [0.1, 0.15) is 53.0 Å². The lowest BCUT2D eigenvalue weighted by Gasteiger charge is -2.63. The quantitative estimate of drug-likeness (QED) is 0.0915. The molecule has 1 saturated heterocycles. The third-order valence-electron chi connectivity index (χ3n) is 13.4. The molecule has 2 aromatic carbocycles. The number of aromatic nitrogens is 3. The number of benzene rings is 2. The van der Waals surface area contributed by atoms with Crippen LogP contribution in [0.25, 0.3) is 22.3 Å². The van der Waals surface area contributed by atoms with E-state index in [0.29, 0.717) is 71.0 Å². The van der Waals surface area contributed by atoms with Crippen molar-refractivity contribution >= 4 is 16.6 Å². The first kappa shape index (κ1) is 39.2. The van der Waals surface area contributed by atoms with Crippen LogP contribution in [0.3, 0.4) is 0 Å². The first-order valence-electron chi connectivity index (χ1n) is 19.7. The van der Waals surface area contributed by atoms with E-state index in [1.54, 1.807) is 41.2 Å². The van der Waals surface area contributed by atoms with Gasteiger partial charge in [0.2, 0.25) is 6.29 Å². The van der Waals surface area contributed by atoms with Crippen molar-refractivity contribution in [3.63, 3.8) is 0 Å². The predicted octanol–water partition coefficient (Wildman–Crippen LogP) is 6.99. The van der Waals surface area contributed by atoms with Gasteiger partial charge in [0.25, 0.3) is 5.56 Å². The van der Waals surface area contributed by atoms with Crippen molar-refractivity contribution in [3.05, 3.63) is 82.7 Å². The molecule has 13 heteroatoms. The molecule has 3 aliphatic carbocycles. The van der Waals surface area contributed by atoms with Crippen LogP contribution in [0.4, 0.5) is 23.2 Å². The molecule has 4 fully saturated rings. The summed E-state index contributed by atoms with van der Waals surface area (Å²) >= 11 is 0. The van der Waals surface area contributed by atoms with Gasteiger partial charge in [-0.15, -0.1) is 0 Å². The summed E-state index contributed by atoms with van der Waals surface area (Å²) in [6.45, 7) is 12.9. The van der Waals surface area contributed by atoms with Crippen molar-refractivity contribution in [1.29, 1.82) is 0 Å². The third-order valence-corrected chi connectivity index (χ3v) is 13.4. The van der Waals surface area contributed by atoms with Gasteiger partial charge in [0.1, 0.15) is 23.9 Å². The second-order valence-corrected chi connectivity index (χ2v) is 16.4. The highest BCUT2D eigenvalue weighted by molar-refractivity contribution is 5.83. The second kappa shape index (κ2) is 15.1. The number of ether oxygens (including phenoxy) is 1. The molecule has 0 radical (unpaired) electrons. The molecule has 0 spiro atoms. The summed E-state index contributed by atoms with van der Waals surface area (Å²) in [5.41, 5.74) is 2.31. The van der Waals surface area contributed by atoms with E-state index in [2.05, 4.69) is 41.3 Å². The minimum atomic E-state index is -4.38. The fourth-order valence-corrected chi connectivity index (χ4v) is 9.89. The van der Waals surface area contributed by atoms with Crippen LogP contribution in [0, 0.1) is 29.0 Å². The lowest BCUT2D eigenvalue weighted by Crippen LogP contribution is -2.77. The van der Waals surface area contributed by atoms with Gasteiger partial charge in [0, 0.05) is 55.4 Å². The van der Waals surface area contributed by atoms with Crippen LogP contribution < -0.4 is 25.8 Å². The first-order chi connectivity index (χ1) is 26.2. The number of methoxy groups -OCH3 is 1. The number of piperazine rings is 1. The molecule has 55 heavy (non-hydrogen) atoms. The van der Waals surface area contributed by atoms with E-state index in [4.69, 9.17) is 9.72 Å². The van der Waals surface area contributed by atoms with E-state index in [-0.39, 0.29) is 47.6 Å². The zero-order valence-corrected chi connectivity index (χ0v) is 32.7. The van der Waals surface area contributed by atoms with Gasteiger partial charge in [0.05, 0.1) is 31.1 Å². The molecule has 9 nitrogen and oxygen atoms in total. The minimum Gasteiger partial charge on any atom is -0.497 e. The van der Waals surface area contributed by atoms with Gasteiger partial charge >= 0.3 is 6.18 Å². The van der Waals surface area contributed by atoms with Crippen LogP contribution >= 0.6 is 0 Å². The Morgan fingerprint density at radius 2 is 1.95 bits per heavy atom. The van der Waals surface area contributed by atoms with Gasteiger partial charge in [-0.2, -0.15) is 13.2 Å². The van der Waals surface area contributed by atoms with Crippen LogP contribution in [-0.2, 0) is 13.0 Å². The number of halogens is 4. The highest BCUT2D eigenvalue weighted by Gasteiger charge is 2.58. The summed E-state index contributed by atoms with van der Waals surface area (Å²) in [7, 11) is 1.48. The van der Waals surface area contributed by atoms with Crippen molar-refractivity contribution < 1.29 is 26.8 Å². The number of quaternary nitrogens is 1. The van der Waals surface area contributed by atoms with Crippen LogP contribution in [0.5, 0.6) is 5.75 Å². The number of aryl methyl sites for hydroxylation is 1. The lowest BCUT2D eigenvalue weighted by atomic mass is 9.45. The Morgan fingerprint density at radius 1 is 1.15 bits per heavy atom. The molecule has 1 aliphatic heterocycles. The third kappa shape index (κ3) is 7.23. The van der Waals surface area contributed by atoms with Gasteiger partial charge in [-0.25, -0.2) is 14.7 Å². The minimum absolute atomic E-state index is 0.0932. The summed E-state index contributed by atoms with van der Waals surface area (Å²) < 4.78 is 65.1. The van der Waals surface area contributed by atoms with Gasteiger partial charge in [-0.05, 0) is 98.2 Å². The molecule has 7 atom stereocenters.